The summed E-state index contributed by atoms with van der Waals surface area (Å²) in [6.45, 7) is 0.920. The Morgan fingerprint density at radius 3 is 2.76 bits per heavy atom. The molecule has 138 valence electrons. The van der Waals surface area contributed by atoms with Gasteiger partial charge in [-0.3, -0.25) is 4.55 Å². The molecule has 4 N–H and O–H groups in total. The van der Waals surface area contributed by atoms with Gasteiger partial charge in [0.25, 0.3) is 0 Å². The lowest BCUT2D eigenvalue weighted by Gasteiger charge is -2.27. The molecule has 1 aromatic heterocycles. The molecule has 13 heteroatoms. The van der Waals surface area contributed by atoms with E-state index in [0.717, 1.165) is 0 Å². The number of carbonyl (C=O) groups is 1. The third kappa shape index (κ3) is 3.08. The van der Waals surface area contributed by atoms with Crippen LogP contribution < -0.4 is 11.1 Å². The smallest absolute Gasteiger partial charge is 0.418 e. The van der Waals surface area contributed by atoms with E-state index in [2.05, 4.69) is 19.8 Å². The first-order chi connectivity index (χ1) is 11.8. The Kier molecular flexibility index (Phi) is 3.92. The highest BCUT2D eigenvalue weighted by Gasteiger charge is 2.49. The van der Waals surface area contributed by atoms with Gasteiger partial charge in [-0.25, -0.2) is 4.79 Å². The Hall–Kier alpha value is -1.80. The molecule has 0 radical (unpaired) electrons. The number of amides is 2. The van der Waals surface area contributed by atoms with E-state index in [9.17, 15) is 13.2 Å². The Morgan fingerprint density at radius 1 is 1.32 bits per heavy atom. The molecule has 0 aromatic carbocycles. The van der Waals surface area contributed by atoms with E-state index < -0.39 is 28.5 Å². The molecule has 0 saturated carbocycles. The molecule has 4 heterocycles. The van der Waals surface area contributed by atoms with Crippen molar-refractivity contribution in [2.75, 3.05) is 13.1 Å². The number of nitrogens with one attached hydrogen (secondary N) is 1. The number of fused-ring (bicyclic) bond motifs is 2. The van der Waals surface area contributed by atoms with E-state index in [1.54, 1.807) is 0 Å². The summed E-state index contributed by atoms with van der Waals surface area (Å²) in [5.41, 5.74) is 5.85. The quantitative estimate of drug-likeness (QED) is 0.563. The molecule has 25 heavy (non-hydrogen) atoms. The second kappa shape index (κ2) is 5.88. The molecule has 2 amide bonds. The highest BCUT2D eigenvalue weighted by molar-refractivity contribution is 7.80. The van der Waals surface area contributed by atoms with E-state index in [4.69, 9.17) is 14.7 Å². The third-order valence-corrected chi connectivity index (χ3v) is 5.05. The van der Waals surface area contributed by atoms with Gasteiger partial charge in [-0.2, -0.15) is 13.5 Å². The standard InChI is InChI=1S/C12H18N6O6S/c13-6-3-8(14-4-6)10-15-16-11(23-10)9-2-1-7-5-17(9)12(19)18(7)24-25(20,21)22/h6-9,14H,1-5,13H2,(H,20,21,22)/t6-,7?,8+,9?/m0/s1. The van der Waals surface area contributed by atoms with Crippen molar-refractivity contribution in [2.24, 2.45) is 5.73 Å². The van der Waals surface area contributed by atoms with Crippen molar-refractivity contribution >= 4 is 16.4 Å². The maximum atomic E-state index is 12.4. The van der Waals surface area contributed by atoms with Crippen molar-refractivity contribution in [3.8, 4) is 0 Å². The van der Waals surface area contributed by atoms with Crippen LogP contribution in [0, 0.1) is 0 Å². The second-order valence-corrected chi connectivity index (χ2v) is 7.45. The van der Waals surface area contributed by atoms with Gasteiger partial charge < -0.3 is 20.4 Å². The van der Waals surface area contributed by atoms with Crippen LogP contribution in [0.1, 0.15) is 43.1 Å². The highest BCUT2D eigenvalue weighted by atomic mass is 32.3. The number of nitrogens with two attached hydrogens (primary N) is 1. The predicted octanol–water partition coefficient (Wildman–Crippen LogP) is -0.893. The summed E-state index contributed by atoms with van der Waals surface area (Å²) in [6.07, 6.45) is 1.68. The van der Waals surface area contributed by atoms with Crippen LogP contribution in [-0.2, 0) is 14.7 Å². The molecule has 0 spiro atoms. The van der Waals surface area contributed by atoms with Crippen LogP contribution in [0.5, 0.6) is 0 Å². The number of urea groups is 1. The molecule has 4 rings (SSSR count). The van der Waals surface area contributed by atoms with Crippen LogP contribution in [0.2, 0.25) is 0 Å². The first-order valence-electron chi connectivity index (χ1n) is 7.91. The average molecular weight is 374 g/mol. The summed E-state index contributed by atoms with van der Waals surface area (Å²) in [4.78, 5) is 13.8. The number of carbonyl (C=O) groups excluding carboxylic acids is 1. The molecule has 2 bridgehead atoms. The monoisotopic (exact) mass is 374 g/mol. The fourth-order valence-corrected chi connectivity index (χ4v) is 3.95. The van der Waals surface area contributed by atoms with Crippen LogP contribution in [0.15, 0.2) is 4.42 Å². The number of hydrogen-bond donors (Lipinski definition) is 3. The maximum Gasteiger partial charge on any atom is 0.418 e. The van der Waals surface area contributed by atoms with Gasteiger partial charge in [0.1, 0.15) is 6.04 Å². The van der Waals surface area contributed by atoms with Crippen LogP contribution in [0.3, 0.4) is 0 Å². The van der Waals surface area contributed by atoms with E-state index in [1.807, 2.05) is 0 Å². The third-order valence-electron chi connectivity index (χ3n) is 4.70. The Balaban J connectivity index is 1.51. The molecule has 12 nitrogen and oxygen atoms in total. The van der Waals surface area contributed by atoms with Gasteiger partial charge in [-0.1, -0.05) is 0 Å². The van der Waals surface area contributed by atoms with Crippen molar-refractivity contribution in [3.05, 3.63) is 11.8 Å². The minimum atomic E-state index is -4.77. The minimum Gasteiger partial charge on any atom is -0.421 e. The van der Waals surface area contributed by atoms with Crippen molar-refractivity contribution in [1.29, 1.82) is 0 Å². The topological polar surface area (TPSA) is 164 Å². The summed E-state index contributed by atoms with van der Waals surface area (Å²) in [7, 11) is -4.77. The number of hydrogen-bond acceptors (Lipinski definition) is 9. The molecule has 1 aromatic rings. The lowest BCUT2D eigenvalue weighted by atomic mass is 10.0. The normalized spacial score (nSPS) is 32.6. The molecular formula is C12H18N6O6S. The van der Waals surface area contributed by atoms with Crippen molar-refractivity contribution < 1.29 is 26.5 Å². The highest BCUT2D eigenvalue weighted by Crippen LogP contribution is 2.38. The lowest BCUT2D eigenvalue weighted by molar-refractivity contribution is -0.0317. The molecule has 2 unspecified atom stereocenters. The Bertz CT molecular complexity index is 783. The van der Waals surface area contributed by atoms with Gasteiger partial charge >= 0.3 is 16.4 Å². The summed E-state index contributed by atoms with van der Waals surface area (Å²) in [5.74, 6) is 0.709. The van der Waals surface area contributed by atoms with Gasteiger partial charge in [0.15, 0.2) is 0 Å². The van der Waals surface area contributed by atoms with E-state index >= 15 is 0 Å². The van der Waals surface area contributed by atoms with Gasteiger partial charge in [-0.15, -0.1) is 14.5 Å². The summed E-state index contributed by atoms with van der Waals surface area (Å²) in [6, 6.07) is -1.66. The first-order valence-corrected chi connectivity index (χ1v) is 9.27. The molecule has 3 aliphatic heterocycles. The molecule has 3 aliphatic rings. The zero-order chi connectivity index (χ0) is 17.8. The fourth-order valence-electron chi connectivity index (χ4n) is 3.56. The van der Waals surface area contributed by atoms with E-state index in [-0.39, 0.29) is 24.5 Å². The number of nitrogens with zero attached hydrogens (tertiary/aromatic N) is 4. The number of rotatable bonds is 4. The summed E-state index contributed by atoms with van der Waals surface area (Å²) < 4.78 is 40.8. The SMILES string of the molecule is N[C@@H]1CN[C@@H](c2nnc(C3CCC4CN3C(=O)N4OS(=O)(=O)O)o2)C1. The van der Waals surface area contributed by atoms with Gasteiger partial charge in [0, 0.05) is 19.1 Å². The van der Waals surface area contributed by atoms with Crippen LogP contribution >= 0.6 is 0 Å². The van der Waals surface area contributed by atoms with Crippen molar-refractivity contribution in [1.82, 2.24) is 25.5 Å². The predicted molar refractivity (Wildman–Crippen MR) is 80.0 cm³/mol. The Labute approximate surface area is 143 Å². The first kappa shape index (κ1) is 16.7. The molecular weight excluding hydrogens is 356 g/mol. The fraction of sp³-hybridized carbons (Fsp3) is 0.750. The van der Waals surface area contributed by atoms with Crippen LogP contribution in [0.25, 0.3) is 0 Å². The second-order valence-electron chi connectivity index (χ2n) is 6.45. The Morgan fingerprint density at radius 2 is 2.08 bits per heavy atom. The van der Waals surface area contributed by atoms with Crippen molar-refractivity contribution in [3.63, 3.8) is 0 Å². The molecule has 4 atom stereocenters. The largest absolute Gasteiger partial charge is 0.421 e. The zero-order valence-corrected chi connectivity index (χ0v) is 13.9. The summed E-state index contributed by atoms with van der Waals surface area (Å²) in [5, 5.41) is 12.0. The zero-order valence-electron chi connectivity index (χ0n) is 13.1. The number of hydroxylamine groups is 2. The average Bonchev–Trinajstić information content (AvgIpc) is 3.23. The van der Waals surface area contributed by atoms with Crippen molar-refractivity contribution in [2.45, 2.75) is 43.4 Å². The number of piperidine rings is 1. The number of aromatic nitrogens is 2. The van der Waals surface area contributed by atoms with E-state index in [0.29, 0.717) is 36.8 Å². The van der Waals surface area contributed by atoms with Gasteiger partial charge in [-0.05, 0) is 19.3 Å². The lowest BCUT2D eigenvalue weighted by Crippen LogP contribution is -2.35. The molecule has 3 saturated heterocycles. The van der Waals surface area contributed by atoms with Crippen LogP contribution in [0.4, 0.5) is 4.79 Å². The molecule has 3 fully saturated rings. The maximum absolute atomic E-state index is 12.4. The summed E-state index contributed by atoms with van der Waals surface area (Å²) >= 11 is 0. The minimum absolute atomic E-state index is 0.0297. The van der Waals surface area contributed by atoms with E-state index in [1.165, 1.54) is 4.90 Å². The van der Waals surface area contributed by atoms with Gasteiger partial charge in [0.05, 0.1) is 12.1 Å². The van der Waals surface area contributed by atoms with Crippen LogP contribution in [-0.4, -0.2) is 64.3 Å². The van der Waals surface area contributed by atoms with Gasteiger partial charge in [0.2, 0.25) is 11.8 Å². The molecule has 0 aliphatic carbocycles.